The third-order valence-electron chi connectivity index (χ3n) is 8.90. The molecule has 0 aliphatic rings. The minimum atomic E-state index is -1.53. The van der Waals surface area contributed by atoms with E-state index in [9.17, 15) is 0 Å². The van der Waals surface area contributed by atoms with Gasteiger partial charge in [0.15, 0.2) is 0 Å². The SMILES string of the molecule is [2H]C([2H])(C)c1nc(-c2ccccc2)cc(-c2ccccc2)c1C(C)(C)C.[2H]C([2H])(C)c1nc(-n2c3ccccc3c3ccccc32)ccc1C(C)(C)C. The van der Waals surface area contributed by atoms with Crippen molar-refractivity contribution in [3.8, 4) is 28.2 Å². The first-order valence-electron chi connectivity index (χ1n) is 19.0. The Morgan fingerprint density at radius 3 is 1.57 bits per heavy atom. The molecular formula is C46H49N3. The molecule has 248 valence electrons. The first-order chi connectivity index (χ1) is 24.9. The predicted molar refractivity (Wildman–Crippen MR) is 210 cm³/mol. The van der Waals surface area contributed by atoms with Gasteiger partial charge in [-0.2, -0.15) is 0 Å². The van der Waals surface area contributed by atoms with E-state index in [1.807, 2.05) is 84.9 Å². The van der Waals surface area contributed by atoms with E-state index in [0.717, 1.165) is 50.4 Å². The van der Waals surface area contributed by atoms with Crippen LogP contribution in [0.25, 0.3) is 50.0 Å². The second kappa shape index (κ2) is 13.8. The summed E-state index contributed by atoms with van der Waals surface area (Å²) in [7, 11) is 0. The van der Waals surface area contributed by atoms with Gasteiger partial charge >= 0.3 is 0 Å². The molecule has 3 nitrogen and oxygen atoms in total. The molecule has 0 amide bonds. The van der Waals surface area contributed by atoms with Gasteiger partial charge in [0.05, 0.1) is 16.7 Å². The van der Waals surface area contributed by atoms with Gasteiger partial charge in [-0.1, -0.05) is 159 Å². The summed E-state index contributed by atoms with van der Waals surface area (Å²) in [4.78, 5) is 9.63. The molecule has 7 rings (SSSR count). The van der Waals surface area contributed by atoms with Crippen molar-refractivity contribution in [2.24, 2.45) is 0 Å². The van der Waals surface area contributed by atoms with Gasteiger partial charge in [-0.15, -0.1) is 0 Å². The van der Waals surface area contributed by atoms with Crippen LogP contribution in [0.5, 0.6) is 0 Å². The van der Waals surface area contributed by atoms with Crippen molar-refractivity contribution in [2.45, 2.75) is 79.0 Å². The minimum Gasteiger partial charge on any atom is -0.294 e. The molecule has 4 aromatic carbocycles. The number of fused-ring (bicyclic) bond motifs is 3. The number of rotatable bonds is 5. The van der Waals surface area contributed by atoms with Crippen LogP contribution >= 0.6 is 0 Å². The highest BCUT2D eigenvalue weighted by molar-refractivity contribution is 6.09. The van der Waals surface area contributed by atoms with E-state index < -0.39 is 12.7 Å². The molecule has 3 heterocycles. The Kier molecular flexibility index (Phi) is 8.18. The first kappa shape index (κ1) is 28.9. The molecule has 49 heavy (non-hydrogen) atoms. The maximum Gasteiger partial charge on any atom is 0.137 e. The van der Waals surface area contributed by atoms with Gasteiger partial charge in [0.2, 0.25) is 0 Å². The number of para-hydroxylation sites is 2. The van der Waals surface area contributed by atoms with Gasteiger partial charge in [0, 0.05) is 33.2 Å². The van der Waals surface area contributed by atoms with E-state index in [2.05, 4.69) is 88.6 Å². The molecule has 0 atom stereocenters. The Labute approximate surface area is 298 Å². The van der Waals surface area contributed by atoms with Gasteiger partial charge in [0.1, 0.15) is 5.82 Å². The van der Waals surface area contributed by atoms with E-state index in [1.165, 1.54) is 10.8 Å². The van der Waals surface area contributed by atoms with Crippen molar-refractivity contribution in [2.75, 3.05) is 0 Å². The van der Waals surface area contributed by atoms with E-state index in [1.54, 1.807) is 13.8 Å². The number of hydrogen-bond donors (Lipinski definition) is 0. The Bertz CT molecular complexity index is 2320. The van der Waals surface area contributed by atoms with Crippen LogP contribution in [0.3, 0.4) is 0 Å². The molecule has 7 aromatic rings. The van der Waals surface area contributed by atoms with Crippen molar-refractivity contribution >= 4 is 21.8 Å². The average Bonchev–Trinajstić information content (AvgIpc) is 3.45. The number of nitrogens with zero attached hydrogens (tertiary/aromatic N) is 3. The van der Waals surface area contributed by atoms with Gasteiger partial charge in [0.25, 0.3) is 0 Å². The fourth-order valence-electron chi connectivity index (χ4n) is 6.63. The van der Waals surface area contributed by atoms with Crippen LogP contribution in [-0.2, 0) is 23.6 Å². The molecule has 0 spiro atoms. The summed E-state index contributed by atoms with van der Waals surface area (Å²) in [6, 6.07) is 42.9. The van der Waals surface area contributed by atoms with Crippen LogP contribution in [-0.4, -0.2) is 14.5 Å². The number of benzene rings is 4. The van der Waals surface area contributed by atoms with Crippen LogP contribution in [0.1, 0.15) is 83.4 Å². The molecule has 0 unspecified atom stereocenters. The fourth-order valence-corrected chi connectivity index (χ4v) is 6.63. The maximum atomic E-state index is 8.42. The second-order valence-corrected chi connectivity index (χ2v) is 14.4. The molecule has 0 saturated carbocycles. The van der Waals surface area contributed by atoms with E-state index in [-0.39, 0.29) is 10.8 Å². The van der Waals surface area contributed by atoms with Gasteiger partial charge in [-0.25, -0.2) is 4.98 Å². The Morgan fingerprint density at radius 1 is 0.551 bits per heavy atom. The van der Waals surface area contributed by atoms with E-state index >= 15 is 0 Å². The van der Waals surface area contributed by atoms with Crippen LogP contribution in [0.15, 0.2) is 127 Å². The largest absolute Gasteiger partial charge is 0.294 e. The number of pyridine rings is 2. The van der Waals surface area contributed by atoms with Crippen LogP contribution in [0, 0.1) is 0 Å². The van der Waals surface area contributed by atoms with Crippen LogP contribution in [0.4, 0.5) is 0 Å². The van der Waals surface area contributed by atoms with Crippen molar-refractivity contribution < 1.29 is 5.48 Å². The summed E-state index contributed by atoms with van der Waals surface area (Å²) in [5, 5.41) is 2.35. The lowest BCUT2D eigenvalue weighted by atomic mass is 9.79. The Hall–Kier alpha value is -5.02. The minimum absolute atomic E-state index is 0.176. The molecular weight excluding hydrogens is 595 g/mol. The maximum absolute atomic E-state index is 8.42. The average molecular weight is 648 g/mol. The molecule has 0 N–H and O–H groups in total. The van der Waals surface area contributed by atoms with Crippen molar-refractivity contribution in [1.82, 2.24) is 14.5 Å². The molecule has 3 heteroatoms. The van der Waals surface area contributed by atoms with Crippen molar-refractivity contribution in [1.29, 1.82) is 0 Å². The summed E-state index contributed by atoms with van der Waals surface area (Å²) >= 11 is 0. The second-order valence-electron chi connectivity index (χ2n) is 14.4. The number of aryl methyl sites for hydroxylation is 2. The standard InChI is InChI=1S/C23H24N2.C23H25N/c1-5-19-18(23(2,3)4)14-15-22(24-19)25-20-12-8-6-10-16(20)17-11-7-9-13-21(17)25;1-5-20-22(23(2,3)4)19(17-12-8-6-9-13-17)16-21(24-20)18-14-10-7-11-15-18/h6-15H,5H2,1-4H3;6-16H,5H2,1-4H3/i2*5D2. The summed E-state index contributed by atoms with van der Waals surface area (Å²) in [5.74, 6) is 0.751. The zero-order valence-corrected chi connectivity index (χ0v) is 30.0. The Morgan fingerprint density at radius 2 is 1.06 bits per heavy atom. The monoisotopic (exact) mass is 647 g/mol. The highest BCUT2D eigenvalue weighted by Gasteiger charge is 2.24. The number of hydrogen-bond acceptors (Lipinski definition) is 2. The summed E-state index contributed by atoms with van der Waals surface area (Å²) in [5.41, 5.74) is 8.63. The smallest absolute Gasteiger partial charge is 0.137 e. The summed E-state index contributed by atoms with van der Waals surface area (Å²) in [6.45, 7) is 15.8. The first-order valence-corrected chi connectivity index (χ1v) is 17.0. The van der Waals surface area contributed by atoms with Gasteiger partial charge < -0.3 is 0 Å². The highest BCUT2D eigenvalue weighted by atomic mass is 15.1. The molecule has 0 saturated heterocycles. The quantitative estimate of drug-likeness (QED) is 0.186. The van der Waals surface area contributed by atoms with Crippen LogP contribution < -0.4 is 0 Å². The van der Waals surface area contributed by atoms with Gasteiger partial charge in [-0.3, -0.25) is 9.55 Å². The predicted octanol–water partition coefficient (Wildman–Crippen LogP) is 12.3. The molecule has 3 aromatic heterocycles. The van der Waals surface area contributed by atoms with Crippen molar-refractivity contribution in [3.05, 3.63) is 150 Å². The topological polar surface area (TPSA) is 30.7 Å². The third-order valence-corrected chi connectivity index (χ3v) is 8.90. The molecule has 0 aliphatic heterocycles. The fraction of sp³-hybridized carbons (Fsp3) is 0.261. The lowest BCUT2D eigenvalue weighted by Crippen LogP contribution is -2.17. The van der Waals surface area contributed by atoms with Crippen molar-refractivity contribution in [3.63, 3.8) is 0 Å². The highest BCUT2D eigenvalue weighted by Crippen LogP contribution is 2.38. The Balaban J connectivity index is 0.000000182. The van der Waals surface area contributed by atoms with Crippen LogP contribution in [0.2, 0.25) is 0 Å². The molecule has 0 radical (unpaired) electrons. The lowest BCUT2D eigenvalue weighted by molar-refractivity contribution is 0.578. The summed E-state index contributed by atoms with van der Waals surface area (Å²) < 4.78 is 35.6. The zero-order valence-electron chi connectivity index (χ0n) is 34.0. The van der Waals surface area contributed by atoms with Gasteiger partial charge in [-0.05, 0) is 70.1 Å². The normalized spacial score (nSPS) is 13.6. The van der Waals surface area contributed by atoms with E-state index in [0.29, 0.717) is 11.4 Å². The molecule has 0 bridgehead atoms. The lowest BCUT2D eigenvalue weighted by Gasteiger charge is -2.26. The zero-order chi connectivity index (χ0) is 38.3. The third kappa shape index (κ3) is 6.94. The molecule has 0 aliphatic carbocycles. The summed E-state index contributed by atoms with van der Waals surface area (Å²) in [6.07, 6.45) is -3.05. The number of aromatic nitrogens is 3. The molecule has 0 fully saturated rings. The van der Waals surface area contributed by atoms with E-state index in [4.69, 9.17) is 15.5 Å².